The number of cyclic esters (lactones) is 3. The molecule has 14 rings (SSSR count). The number of unbranched alkanes of at least 4 members (excludes halogenated alkanes) is 3. The van der Waals surface area contributed by atoms with E-state index in [1.807, 2.05) is 93.8 Å². The molecule has 20 atom stereocenters. The van der Waals surface area contributed by atoms with Crippen molar-refractivity contribution in [1.82, 2.24) is 15.0 Å². The third-order valence-corrected chi connectivity index (χ3v) is 36.9. The Morgan fingerprint density at radius 1 is 0.555 bits per heavy atom. The van der Waals surface area contributed by atoms with Crippen LogP contribution in [0.3, 0.4) is 0 Å². The number of esters is 5. The molecule has 5 aliphatic carbocycles. The third kappa shape index (κ3) is 28.7. The zero-order valence-corrected chi connectivity index (χ0v) is 81.9. The molecule has 5 saturated carbocycles. The number of alkyl halides is 1. The fourth-order valence-corrected chi connectivity index (χ4v) is 32.2. The number of allylic oxidation sites excluding steroid dienone is 1. The molecule has 0 unspecified atom stereocenters. The van der Waals surface area contributed by atoms with Crippen LogP contribution in [-0.2, 0) is 70.2 Å². The number of nitrogens with zero attached hydrogens (tertiary/aromatic N) is 3. The summed E-state index contributed by atoms with van der Waals surface area (Å²) in [5.74, 6) is 1.79. The first-order chi connectivity index (χ1) is 56.1. The summed E-state index contributed by atoms with van der Waals surface area (Å²) < 4.78 is 73.4. The second kappa shape index (κ2) is 52.7. The Balaban J connectivity index is 0.000000285. The minimum atomic E-state index is -0.967. The van der Waals surface area contributed by atoms with Gasteiger partial charge in [-0.25, -0.2) is 13.2 Å². The molecule has 25 heteroatoms. The van der Waals surface area contributed by atoms with Gasteiger partial charge in [-0.3, -0.25) is 43.7 Å². The molecule has 0 bridgehead atoms. The molecule has 640 valence electrons. The number of ether oxygens (including phenoxy) is 5. The summed E-state index contributed by atoms with van der Waals surface area (Å²) in [5.41, 5.74) is 7.89. The molecule has 2 N–H and O–H groups in total. The van der Waals surface area contributed by atoms with Gasteiger partial charge in [-0.2, -0.15) is 0 Å². The quantitative estimate of drug-likeness (QED) is 0.00972. The van der Waals surface area contributed by atoms with Gasteiger partial charge in [-0.1, -0.05) is 84.0 Å². The van der Waals surface area contributed by atoms with Gasteiger partial charge < -0.3 is 45.5 Å². The Kier molecular flexibility index (Phi) is 46.0. The normalized spacial score (nSPS) is 27.5. The molecule has 0 spiro atoms. The molecule has 18 nitrogen and oxygen atoms in total. The van der Waals surface area contributed by atoms with Crippen molar-refractivity contribution in [3.8, 4) is 33.4 Å². The van der Waals surface area contributed by atoms with Crippen LogP contribution >= 0.6 is 15.9 Å². The maximum atomic E-state index is 13.6. The van der Waals surface area contributed by atoms with Gasteiger partial charge in [0.15, 0.2) is 0 Å². The van der Waals surface area contributed by atoms with Gasteiger partial charge in [-0.05, 0) is 227 Å². The summed E-state index contributed by atoms with van der Waals surface area (Å²) in [4.78, 5) is 85.6. The summed E-state index contributed by atoms with van der Waals surface area (Å²) in [7, 11) is 1.00. The molecule has 3 aromatic carbocycles. The van der Waals surface area contributed by atoms with Crippen LogP contribution in [0.25, 0.3) is 39.5 Å². The Bertz CT molecular complexity index is 4130. The summed E-state index contributed by atoms with van der Waals surface area (Å²) in [6.07, 6.45) is 27.2. The van der Waals surface area contributed by atoms with Crippen molar-refractivity contribution in [2.24, 2.45) is 101 Å². The molecule has 8 aliphatic rings. The van der Waals surface area contributed by atoms with Crippen LogP contribution < -0.4 is 108 Å². The molecular formula is C94H125BrF3K2N3O15Sn. The van der Waals surface area contributed by atoms with Crippen molar-refractivity contribution in [3.63, 3.8) is 0 Å². The average molecular weight is 1870 g/mol. The first-order valence-electron chi connectivity index (χ1n) is 42.1. The molecular weight excluding hydrogens is 1740 g/mol. The second-order valence-corrected chi connectivity index (χ2v) is 43.6. The van der Waals surface area contributed by atoms with E-state index in [4.69, 9.17) is 43.8 Å². The van der Waals surface area contributed by atoms with Gasteiger partial charge >= 0.3 is 225 Å². The molecule has 0 radical (unpaired) electrons. The van der Waals surface area contributed by atoms with Gasteiger partial charge in [0.2, 0.25) is 0 Å². The number of carbonyl (C=O) groups excluding carboxylic acids is 6. The van der Waals surface area contributed by atoms with Crippen molar-refractivity contribution in [1.29, 1.82) is 0 Å². The molecule has 3 aliphatic heterocycles. The number of rotatable bonds is 26. The minimum absolute atomic E-state index is 0. The van der Waals surface area contributed by atoms with Crippen LogP contribution in [0.4, 0.5) is 13.2 Å². The molecule has 0 amide bonds. The Hall–Kier alpha value is -4.11. The van der Waals surface area contributed by atoms with Crippen molar-refractivity contribution in [2.75, 3.05) is 32.3 Å². The second-order valence-electron chi connectivity index (χ2n) is 33.0. The minimum Gasteiger partial charge on any atom is -1.00 e. The maximum absolute atomic E-state index is 13.6. The smallest absolute Gasteiger partial charge is 1.00 e. The predicted molar refractivity (Wildman–Crippen MR) is 452 cm³/mol. The number of hydrogen-bond acceptors (Lipinski definition) is 18. The summed E-state index contributed by atoms with van der Waals surface area (Å²) in [5, 5.41) is 26.2. The number of aliphatic hydroxyl groups is 2. The van der Waals surface area contributed by atoms with Crippen LogP contribution in [0.2, 0.25) is 13.3 Å². The fraction of sp³-hybridized carbons (Fsp3) is 0.564. The number of fused-ring (bicyclic) bond motifs is 7. The van der Waals surface area contributed by atoms with Gasteiger partial charge in [0.1, 0.15) is 35.8 Å². The van der Waals surface area contributed by atoms with E-state index in [1.54, 1.807) is 37.7 Å². The van der Waals surface area contributed by atoms with E-state index in [9.17, 15) is 42.3 Å². The zero-order chi connectivity index (χ0) is 83.5. The number of carbonyl (C=O) groups is 6. The van der Waals surface area contributed by atoms with E-state index in [-0.39, 0.29) is 255 Å². The summed E-state index contributed by atoms with van der Waals surface area (Å²) >= 11 is 2.61. The van der Waals surface area contributed by atoms with Crippen molar-refractivity contribution in [2.45, 2.75) is 197 Å². The van der Waals surface area contributed by atoms with Crippen molar-refractivity contribution in [3.05, 3.63) is 168 Å². The molecule has 119 heavy (non-hydrogen) atoms. The Morgan fingerprint density at radius 3 is 1.31 bits per heavy atom. The van der Waals surface area contributed by atoms with Crippen LogP contribution in [0.15, 0.2) is 134 Å². The molecule has 3 saturated heterocycles. The molecule has 3 aromatic heterocycles. The summed E-state index contributed by atoms with van der Waals surface area (Å²) in [6.45, 7) is 16.5. The molecule has 6 heterocycles. The van der Waals surface area contributed by atoms with Crippen molar-refractivity contribution < 1.29 is 190 Å². The largest absolute Gasteiger partial charge is 1.00 e. The van der Waals surface area contributed by atoms with E-state index in [2.05, 4.69) is 57.6 Å². The molecule has 6 aromatic rings. The first-order valence-corrected chi connectivity index (χ1v) is 50.2. The van der Waals surface area contributed by atoms with Crippen LogP contribution in [0.5, 0.6) is 0 Å². The zero-order valence-electron chi connectivity index (χ0n) is 71.8. The van der Waals surface area contributed by atoms with Crippen molar-refractivity contribution >= 4 is 78.1 Å². The van der Waals surface area contributed by atoms with Gasteiger partial charge in [-0.15, -0.1) is 0 Å². The van der Waals surface area contributed by atoms with E-state index in [0.717, 1.165) is 121 Å². The molecule has 8 fully saturated rings. The van der Waals surface area contributed by atoms with Crippen LogP contribution in [0, 0.1) is 118 Å². The standard InChI is InChI=1S/C27H29BrFNO4.C27H30FNO4.C25H28FNO3.3C4H9.CH2O3.CH4O.CH4.2K.Sn.2H/c1-16-26-24(9-8-22-7-6-19(14-30-22)18-4-3-5-21(29)12-18)23(10-11-28)20(15-33-17(2)31)13-25(26)27(32)34-16;1-15-25-24(27(31)33-15)12-20(14-32-16(2)30)23-9-7-18(26(23)25)11-22-8-6-19(13-29-22)17-4-3-5-21(28)10-17;1-14-23-22(25(29)30-14)11-18(13-28)21-8-6-16(24(21)23)10-20-7-5-17(12-27-20)15-3-2-4-19(26)9-15;3*1-3-4-2;2-1-4-3;1-2;;;;;;/h3-9,12,14,16,20,23-26H,10-11,13,15H2,1-2H3;3-6,8,10,13,15,18,20,23-26H,7,9,11-12,14H2,1-2H3;2-5,7,9,12,14,16,18,21-24,28H,6,8,10-11,13H2,1H3;3*1,3-4H2,2H3;1,3H;2H,1H3;1H4;;;;;/q;;;;;;;;;2*+1;;;-1/p-1/b9-8+;;;;;;;;;;;;;/t16-,20-,23-,24+,25-,26+;15-,18+,20-,23-,24-,25-,26+;14-,16+,18-,21-,22-,23-,24+;;;;;;;;;;;/m111.........../s1. The number of pyridine rings is 3. The van der Waals surface area contributed by atoms with E-state index < -0.39 is 19.8 Å². The van der Waals surface area contributed by atoms with Gasteiger partial charge in [0.25, 0.3) is 6.47 Å². The maximum Gasteiger partial charge on any atom is 1.00 e. The SMILES string of the molecule is C.CC(=O)OC[C@H]1C[C@H]2C(=O)O[C@H](C)[C@H]2[C@@H](/C=C/c2ccc(-c3cccc(F)c3)cn2)[C@@H]1CCBr.CC(=O)OC[C@H]1C[C@H]2C(=O)O[C@H](C)[C@H]2[C@H]2[C@H](Cc3ccc(-c4cccc(F)c4)cn3)CC[C@H]12.CCC[CH2][SnH]([CH2]CCC)[CH2]CCC.CO.C[C@H]1OC(=O)[C@@H]2C[C@H](CO)[C@H]3CC[C@@H](Cc4ccc(-c5cccc(F)c5)cn4)[C@@H]3[C@H]12.O=CO[O-].[H-].[K+].[K+]. The number of aromatic nitrogens is 3. The topological polar surface area (TPSA) is 260 Å². The number of aliphatic hydroxyl groups excluding tert-OH is 2. The van der Waals surface area contributed by atoms with Gasteiger partial charge in [0, 0.05) is 97.3 Å². The van der Waals surface area contributed by atoms with E-state index in [1.165, 1.54) is 88.8 Å². The summed E-state index contributed by atoms with van der Waals surface area (Å²) in [6, 6.07) is 31.4. The third-order valence-electron chi connectivity index (χ3n) is 25.9. The number of halogens is 4. The monoisotopic (exact) mass is 1870 g/mol. The number of benzene rings is 3. The van der Waals surface area contributed by atoms with E-state index >= 15 is 0 Å². The van der Waals surface area contributed by atoms with Crippen LogP contribution in [0.1, 0.15) is 171 Å². The van der Waals surface area contributed by atoms with E-state index in [0.29, 0.717) is 55.1 Å². The fourth-order valence-electron chi connectivity index (χ4n) is 20.8. The number of hydrogen-bond donors (Lipinski definition) is 2. The Labute approximate surface area is 805 Å². The first kappa shape index (κ1) is 104. The Morgan fingerprint density at radius 2 is 0.941 bits per heavy atom. The predicted octanol–water partition coefficient (Wildman–Crippen LogP) is 12.2. The van der Waals surface area contributed by atoms with Crippen LogP contribution in [-0.4, -0.2) is 132 Å². The van der Waals surface area contributed by atoms with Gasteiger partial charge in [0.05, 0.1) is 36.7 Å². The average Bonchev–Trinajstić information content (AvgIpc) is 1.60.